The Morgan fingerprint density at radius 1 is 1.50 bits per heavy atom. The highest BCUT2D eigenvalue weighted by Gasteiger charge is 2.22. The summed E-state index contributed by atoms with van der Waals surface area (Å²) < 4.78 is 1.69. The average Bonchev–Trinajstić information content (AvgIpc) is 2.50. The minimum absolute atomic E-state index is 0.172. The Bertz CT molecular complexity index is 436. The van der Waals surface area contributed by atoms with Crippen LogP contribution in [0, 0.1) is 13.8 Å². The lowest BCUT2D eigenvalue weighted by atomic mass is 10.0. The van der Waals surface area contributed by atoms with E-state index in [1.54, 1.807) is 11.6 Å². The summed E-state index contributed by atoms with van der Waals surface area (Å²) in [5.41, 5.74) is 1.29. The number of nitrogens with zero attached hydrogens (tertiary/aromatic N) is 2. The van der Waals surface area contributed by atoms with E-state index >= 15 is 0 Å². The summed E-state index contributed by atoms with van der Waals surface area (Å²) in [6.07, 6.45) is 1.55. The van der Waals surface area contributed by atoms with Crippen molar-refractivity contribution < 1.29 is 9.90 Å². The molecule has 0 spiro atoms. The summed E-state index contributed by atoms with van der Waals surface area (Å²) in [4.78, 5) is 12.1. The van der Waals surface area contributed by atoms with Crippen LogP contribution in [0.5, 0.6) is 0 Å². The molecule has 0 saturated heterocycles. The Labute approximate surface area is 108 Å². The molecule has 0 saturated carbocycles. The first-order chi connectivity index (χ1) is 8.28. The van der Waals surface area contributed by atoms with Gasteiger partial charge in [-0.05, 0) is 27.2 Å². The normalized spacial score (nSPS) is 14.3. The van der Waals surface area contributed by atoms with Gasteiger partial charge in [-0.1, -0.05) is 13.3 Å². The van der Waals surface area contributed by atoms with E-state index in [0.29, 0.717) is 17.7 Å². The van der Waals surface area contributed by atoms with Crippen molar-refractivity contribution in [3.05, 3.63) is 17.0 Å². The van der Waals surface area contributed by atoms with Crippen molar-refractivity contribution in [1.29, 1.82) is 0 Å². The summed E-state index contributed by atoms with van der Waals surface area (Å²) in [6, 6.07) is 0. The fourth-order valence-electron chi connectivity index (χ4n) is 2.09. The maximum absolute atomic E-state index is 12.1. The molecule has 0 aromatic carbocycles. The topological polar surface area (TPSA) is 67.2 Å². The maximum Gasteiger partial charge on any atom is 0.255 e. The van der Waals surface area contributed by atoms with Crippen LogP contribution in [0.3, 0.4) is 0 Å². The predicted molar refractivity (Wildman–Crippen MR) is 70.5 cm³/mol. The number of aryl methyl sites for hydroxylation is 2. The van der Waals surface area contributed by atoms with E-state index in [-0.39, 0.29) is 12.5 Å². The summed E-state index contributed by atoms with van der Waals surface area (Å²) >= 11 is 0. The molecule has 1 heterocycles. The fourth-order valence-corrected chi connectivity index (χ4v) is 2.09. The van der Waals surface area contributed by atoms with Gasteiger partial charge in [0.25, 0.3) is 5.91 Å². The second-order valence-corrected chi connectivity index (χ2v) is 5.10. The molecule has 0 fully saturated rings. The lowest BCUT2D eigenvalue weighted by Gasteiger charge is -2.22. The van der Waals surface area contributed by atoms with Gasteiger partial charge < -0.3 is 10.4 Å². The highest BCUT2D eigenvalue weighted by atomic mass is 16.3. The molecule has 0 aliphatic carbocycles. The van der Waals surface area contributed by atoms with Crippen LogP contribution in [-0.2, 0) is 7.05 Å². The van der Waals surface area contributed by atoms with E-state index in [1.165, 1.54) is 0 Å². The Kier molecular flexibility index (Phi) is 4.51. The summed E-state index contributed by atoms with van der Waals surface area (Å²) in [5.74, 6) is -0.172. The highest BCUT2D eigenvalue weighted by molar-refractivity contribution is 5.96. The number of rotatable bonds is 5. The second kappa shape index (κ2) is 5.52. The largest absolute Gasteiger partial charge is 0.388 e. The van der Waals surface area contributed by atoms with E-state index < -0.39 is 5.60 Å². The van der Waals surface area contributed by atoms with Gasteiger partial charge in [0.15, 0.2) is 0 Å². The van der Waals surface area contributed by atoms with Crippen molar-refractivity contribution in [2.45, 2.75) is 46.1 Å². The Morgan fingerprint density at radius 2 is 2.11 bits per heavy atom. The van der Waals surface area contributed by atoms with Gasteiger partial charge in [-0.25, -0.2) is 0 Å². The van der Waals surface area contributed by atoms with Gasteiger partial charge in [0.1, 0.15) is 0 Å². The molecular weight excluding hydrogens is 230 g/mol. The molecule has 1 unspecified atom stereocenters. The molecule has 1 aromatic rings. The van der Waals surface area contributed by atoms with Crippen LogP contribution < -0.4 is 5.32 Å². The molecule has 0 aliphatic rings. The quantitative estimate of drug-likeness (QED) is 0.831. The molecule has 0 aliphatic heterocycles. The third-order valence-electron chi connectivity index (χ3n) is 3.15. The number of hydrogen-bond donors (Lipinski definition) is 2. The Hall–Kier alpha value is -1.36. The van der Waals surface area contributed by atoms with Crippen molar-refractivity contribution in [2.75, 3.05) is 6.54 Å². The van der Waals surface area contributed by atoms with Gasteiger partial charge in [0, 0.05) is 19.3 Å². The van der Waals surface area contributed by atoms with Gasteiger partial charge >= 0.3 is 0 Å². The van der Waals surface area contributed by atoms with Crippen LogP contribution in [0.25, 0.3) is 0 Å². The highest BCUT2D eigenvalue weighted by Crippen LogP contribution is 2.13. The summed E-state index contributed by atoms with van der Waals surface area (Å²) in [7, 11) is 1.81. The van der Waals surface area contributed by atoms with Crippen LogP contribution in [0.1, 0.15) is 48.4 Å². The molecule has 1 atom stereocenters. The standard InChI is InChI=1S/C13H23N3O2/c1-6-7-13(4,18)8-14-12(17)11-9(2)15-16(5)10(11)3/h18H,6-8H2,1-5H3,(H,14,17). The number of hydrogen-bond acceptors (Lipinski definition) is 3. The Balaban J connectivity index is 2.72. The molecule has 0 bridgehead atoms. The molecule has 1 amide bonds. The number of nitrogens with one attached hydrogen (secondary N) is 1. The van der Waals surface area contributed by atoms with E-state index in [0.717, 1.165) is 12.1 Å². The summed E-state index contributed by atoms with van der Waals surface area (Å²) in [5, 5.41) is 17.0. The number of carbonyl (C=O) groups excluding carboxylic acids is 1. The minimum atomic E-state index is -0.853. The molecule has 5 heteroatoms. The van der Waals surface area contributed by atoms with Gasteiger partial charge in [0.2, 0.25) is 0 Å². The van der Waals surface area contributed by atoms with Gasteiger partial charge in [-0.15, -0.1) is 0 Å². The fraction of sp³-hybridized carbons (Fsp3) is 0.692. The third kappa shape index (κ3) is 3.32. The van der Waals surface area contributed by atoms with Crippen molar-refractivity contribution in [3.8, 4) is 0 Å². The zero-order valence-corrected chi connectivity index (χ0v) is 11.9. The van der Waals surface area contributed by atoms with Crippen LogP contribution in [-0.4, -0.2) is 32.9 Å². The zero-order chi connectivity index (χ0) is 13.9. The van der Waals surface area contributed by atoms with Crippen molar-refractivity contribution in [2.24, 2.45) is 7.05 Å². The van der Waals surface area contributed by atoms with Crippen molar-refractivity contribution in [1.82, 2.24) is 15.1 Å². The monoisotopic (exact) mass is 253 g/mol. The van der Waals surface area contributed by atoms with E-state index in [2.05, 4.69) is 10.4 Å². The van der Waals surface area contributed by atoms with Crippen LogP contribution in [0.15, 0.2) is 0 Å². The van der Waals surface area contributed by atoms with E-state index in [1.807, 2.05) is 27.8 Å². The molecule has 1 aromatic heterocycles. The first-order valence-electron chi connectivity index (χ1n) is 6.29. The number of aromatic nitrogens is 2. The van der Waals surface area contributed by atoms with Gasteiger partial charge in [-0.3, -0.25) is 9.48 Å². The van der Waals surface area contributed by atoms with Crippen molar-refractivity contribution >= 4 is 5.91 Å². The molecule has 102 valence electrons. The number of amides is 1. The zero-order valence-electron chi connectivity index (χ0n) is 11.9. The first kappa shape index (κ1) is 14.7. The molecular formula is C13H23N3O2. The average molecular weight is 253 g/mol. The lowest BCUT2D eigenvalue weighted by Crippen LogP contribution is -2.40. The van der Waals surface area contributed by atoms with Gasteiger partial charge in [-0.2, -0.15) is 5.10 Å². The van der Waals surface area contributed by atoms with E-state index in [4.69, 9.17) is 0 Å². The maximum atomic E-state index is 12.1. The summed E-state index contributed by atoms with van der Waals surface area (Å²) in [6.45, 7) is 7.67. The van der Waals surface area contributed by atoms with Crippen molar-refractivity contribution in [3.63, 3.8) is 0 Å². The minimum Gasteiger partial charge on any atom is -0.388 e. The smallest absolute Gasteiger partial charge is 0.255 e. The number of carbonyl (C=O) groups is 1. The third-order valence-corrected chi connectivity index (χ3v) is 3.15. The molecule has 1 rings (SSSR count). The molecule has 0 radical (unpaired) electrons. The molecule has 5 nitrogen and oxygen atoms in total. The van der Waals surface area contributed by atoms with Gasteiger partial charge in [0.05, 0.1) is 16.9 Å². The number of aliphatic hydroxyl groups is 1. The van der Waals surface area contributed by atoms with E-state index in [9.17, 15) is 9.90 Å². The Morgan fingerprint density at radius 3 is 2.56 bits per heavy atom. The lowest BCUT2D eigenvalue weighted by molar-refractivity contribution is 0.0469. The molecule has 18 heavy (non-hydrogen) atoms. The predicted octanol–water partition coefficient (Wildman–Crippen LogP) is 1.32. The molecule has 2 N–H and O–H groups in total. The van der Waals surface area contributed by atoms with Crippen LogP contribution in [0.4, 0.5) is 0 Å². The second-order valence-electron chi connectivity index (χ2n) is 5.10. The first-order valence-corrected chi connectivity index (χ1v) is 6.29. The SMILES string of the molecule is CCCC(C)(O)CNC(=O)c1c(C)nn(C)c1C. The van der Waals surface area contributed by atoms with Crippen LogP contribution in [0.2, 0.25) is 0 Å². The van der Waals surface area contributed by atoms with Crippen LogP contribution >= 0.6 is 0 Å².